The first kappa shape index (κ1) is 17.4. The van der Waals surface area contributed by atoms with Gasteiger partial charge in [-0.15, -0.1) is 0 Å². The summed E-state index contributed by atoms with van der Waals surface area (Å²) in [5.74, 6) is -0.0875. The maximum Gasteiger partial charge on any atom is 0.321 e. The molecule has 1 saturated carbocycles. The quantitative estimate of drug-likeness (QED) is 0.676. The summed E-state index contributed by atoms with van der Waals surface area (Å²) in [4.78, 5) is 11.6. The third-order valence-corrected chi connectivity index (χ3v) is 5.85. The molecule has 118 valence electrons. The minimum absolute atomic E-state index is 0.157. The van der Waals surface area contributed by atoms with E-state index in [1.54, 1.807) is 20.8 Å². The molecule has 0 heterocycles. The number of esters is 1. The van der Waals surface area contributed by atoms with Crippen molar-refractivity contribution in [3.8, 4) is 0 Å². The van der Waals surface area contributed by atoms with E-state index in [4.69, 9.17) is 4.74 Å². The molecular weight excluding hydrogens is 278 g/mol. The van der Waals surface area contributed by atoms with Crippen LogP contribution in [-0.2, 0) is 19.6 Å². The molecule has 1 fully saturated rings. The van der Waals surface area contributed by atoms with Gasteiger partial charge in [-0.2, -0.15) is 4.31 Å². The van der Waals surface area contributed by atoms with Crippen LogP contribution in [0.2, 0.25) is 0 Å². The van der Waals surface area contributed by atoms with Crippen LogP contribution in [0.4, 0.5) is 0 Å². The van der Waals surface area contributed by atoms with E-state index >= 15 is 0 Å². The molecule has 0 unspecified atom stereocenters. The van der Waals surface area contributed by atoms with Gasteiger partial charge in [-0.25, -0.2) is 8.42 Å². The van der Waals surface area contributed by atoms with Crippen LogP contribution >= 0.6 is 0 Å². The first-order chi connectivity index (χ1) is 9.36. The van der Waals surface area contributed by atoms with Gasteiger partial charge in [0.2, 0.25) is 10.0 Å². The standard InChI is InChI=1S/C14H27NO4S/c1-4-19-14(16)10-15(12(2)3)20(17,18)11-13-8-6-5-7-9-13/h12-13H,4-11H2,1-3H3. The van der Waals surface area contributed by atoms with Gasteiger partial charge in [-0.1, -0.05) is 19.3 Å². The van der Waals surface area contributed by atoms with E-state index in [1.165, 1.54) is 10.7 Å². The molecule has 6 heteroatoms. The van der Waals surface area contributed by atoms with Crippen molar-refractivity contribution in [2.24, 2.45) is 5.92 Å². The highest BCUT2D eigenvalue weighted by molar-refractivity contribution is 7.89. The Bertz CT molecular complexity index is 399. The van der Waals surface area contributed by atoms with Crippen molar-refractivity contribution in [3.05, 3.63) is 0 Å². The van der Waals surface area contributed by atoms with E-state index in [0.717, 1.165) is 25.7 Å². The lowest BCUT2D eigenvalue weighted by molar-refractivity contribution is -0.143. The van der Waals surface area contributed by atoms with E-state index < -0.39 is 16.0 Å². The van der Waals surface area contributed by atoms with Crippen LogP contribution in [0.15, 0.2) is 0 Å². The number of sulfonamides is 1. The van der Waals surface area contributed by atoms with Gasteiger partial charge in [0.15, 0.2) is 0 Å². The van der Waals surface area contributed by atoms with Gasteiger partial charge in [-0.05, 0) is 39.5 Å². The topological polar surface area (TPSA) is 63.7 Å². The molecule has 5 nitrogen and oxygen atoms in total. The lowest BCUT2D eigenvalue weighted by atomic mass is 9.91. The maximum atomic E-state index is 12.5. The molecule has 1 aliphatic carbocycles. The Kier molecular flexibility index (Phi) is 6.95. The van der Waals surface area contributed by atoms with E-state index in [2.05, 4.69) is 0 Å². The van der Waals surface area contributed by atoms with Gasteiger partial charge in [-0.3, -0.25) is 4.79 Å². The van der Waals surface area contributed by atoms with Gasteiger partial charge < -0.3 is 4.74 Å². The molecule has 0 radical (unpaired) electrons. The van der Waals surface area contributed by atoms with Gasteiger partial charge in [0, 0.05) is 6.04 Å². The van der Waals surface area contributed by atoms with Crippen molar-refractivity contribution >= 4 is 16.0 Å². The average molecular weight is 305 g/mol. The van der Waals surface area contributed by atoms with Crippen LogP contribution in [0.3, 0.4) is 0 Å². The zero-order chi connectivity index (χ0) is 15.2. The highest BCUT2D eigenvalue weighted by Crippen LogP contribution is 2.26. The Morgan fingerprint density at radius 3 is 2.35 bits per heavy atom. The van der Waals surface area contributed by atoms with Crippen molar-refractivity contribution in [3.63, 3.8) is 0 Å². The Morgan fingerprint density at radius 2 is 1.85 bits per heavy atom. The normalized spacial score (nSPS) is 17.6. The van der Waals surface area contributed by atoms with Gasteiger partial charge in [0.05, 0.1) is 12.4 Å². The molecule has 0 bridgehead atoms. The van der Waals surface area contributed by atoms with Gasteiger partial charge >= 0.3 is 5.97 Å². The number of carbonyl (C=O) groups excluding carboxylic acids is 1. The monoisotopic (exact) mass is 305 g/mol. The molecule has 0 aromatic heterocycles. The summed E-state index contributed by atoms with van der Waals surface area (Å²) in [6.07, 6.45) is 5.38. The van der Waals surface area contributed by atoms with E-state index in [-0.39, 0.29) is 30.9 Å². The third kappa shape index (κ3) is 5.40. The Labute approximate surface area is 122 Å². The predicted octanol–water partition coefficient (Wildman–Crippen LogP) is 2.17. The van der Waals surface area contributed by atoms with Gasteiger partial charge in [0.25, 0.3) is 0 Å². The number of hydrogen-bond donors (Lipinski definition) is 0. The van der Waals surface area contributed by atoms with Crippen molar-refractivity contribution in [1.82, 2.24) is 4.31 Å². The highest BCUT2D eigenvalue weighted by Gasteiger charge is 2.30. The molecule has 20 heavy (non-hydrogen) atoms. The lowest BCUT2D eigenvalue weighted by Crippen LogP contribution is -2.43. The average Bonchev–Trinajstić information content (AvgIpc) is 2.36. The number of carbonyl (C=O) groups is 1. The van der Waals surface area contributed by atoms with Crippen molar-refractivity contribution < 1.29 is 17.9 Å². The molecule has 0 amide bonds. The summed E-state index contributed by atoms with van der Waals surface area (Å²) in [5, 5.41) is 0. The smallest absolute Gasteiger partial charge is 0.321 e. The summed E-state index contributed by atoms with van der Waals surface area (Å²) in [5.41, 5.74) is 0. The largest absolute Gasteiger partial charge is 0.465 e. The molecule has 0 saturated heterocycles. The zero-order valence-corrected chi connectivity index (χ0v) is 13.6. The van der Waals surface area contributed by atoms with Crippen LogP contribution in [-0.4, -0.2) is 43.6 Å². The summed E-state index contributed by atoms with van der Waals surface area (Å²) in [6.45, 7) is 5.39. The fraction of sp³-hybridized carbons (Fsp3) is 0.929. The number of nitrogens with zero attached hydrogens (tertiary/aromatic N) is 1. The van der Waals surface area contributed by atoms with E-state index in [9.17, 15) is 13.2 Å². The number of hydrogen-bond acceptors (Lipinski definition) is 4. The van der Waals surface area contributed by atoms with E-state index in [0.29, 0.717) is 0 Å². The molecule has 1 rings (SSSR count). The molecule has 0 N–H and O–H groups in total. The summed E-state index contributed by atoms with van der Waals surface area (Å²) < 4.78 is 31.1. The second-order valence-electron chi connectivity index (χ2n) is 5.73. The molecule has 0 spiro atoms. The lowest BCUT2D eigenvalue weighted by Gasteiger charge is -2.28. The minimum atomic E-state index is -3.40. The first-order valence-electron chi connectivity index (χ1n) is 7.52. The highest BCUT2D eigenvalue weighted by atomic mass is 32.2. The molecular formula is C14H27NO4S. The Hall–Kier alpha value is -0.620. The second-order valence-corrected chi connectivity index (χ2v) is 7.69. The fourth-order valence-electron chi connectivity index (χ4n) is 2.68. The summed E-state index contributed by atoms with van der Waals surface area (Å²) >= 11 is 0. The van der Waals surface area contributed by atoms with Crippen molar-refractivity contribution in [2.45, 2.75) is 58.9 Å². The molecule has 1 aliphatic rings. The second kappa shape index (κ2) is 7.98. The summed E-state index contributed by atoms with van der Waals surface area (Å²) in [7, 11) is -3.40. The van der Waals surface area contributed by atoms with E-state index in [1.807, 2.05) is 0 Å². The zero-order valence-electron chi connectivity index (χ0n) is 12.8. The van der Waals surface area contributed by atoms with Crippen LogP contribution in [0.5, 0.6) is 0 Å². The maximum absolute atomic E-state index is 12.5. The van der Waals surface area contributed by atoms with Gasteiger partial charge in [0.1, 0.15) is 6.54 Å². The molecule has 0 aliphatic heterocycles. The third-order valence-electron chi connectivity index (χ3n) is 3.69. The van der Waals surface area contributed by atoms with Crippen LogP contribution < -0.4 is 0 Å². The molecule has 0 aromatic carbocycles. The van der Waals surface area contributed by atoms with Crippen molar-refractivity contribution in [2.75, 3.05) is 18.9 Å². The first-order valence-corrected chi connectivity index (χ1v) is 9.13. The minimum Gasteiger partial charge on any atom is -0.465 e. The number of rotatable bonds is 7. The predicted molar refractivity (Wildman–Crippen MR) is 78.8 cm³/mol. The Balaban J connectivity index is 2.69. The Morgan fingerprint density at radius 1 is 1.25 bits per heavy atom. The molecule has 0 atom stereocenters. The van der Waals surface area contributed by atoms with Crippen LogP contribution in [0, 0.1) is 5.92 Å². The number of ether oxygens (including phenoxy) is 1. The fourth-order valence-corrected chi connectivity index (χ4v) is 4.75. The van der Waals surface area contributed by atoms with Crippen LogP contribution in [0.25, 0.3) is 0 Å². The van der Waals surface area contributed by atoms with Crippen molar-refractivity contribution in [1.29, 1.82) is 0 Å². The summed E-state index contributed by atoms with van der Waals surface area (Å²) in [6, 6.07) is -0.229. The molecule has 0 aromatic rings. The SMILES string of the molecule is CCOC(=O)CN(C(C)C)S(=O)(=O)CC1CCCCC1. The van der Waals surface area contributed by atoms with Crippen LogP contribution in [0.1, 0.15) is 52.9 Å².